The van der Waals surface area contributed by atoms with Crippen LogP contribution in [0.1, 0.15) is 86.9 Å². The molecule has 40 heavy (non-hydrogen) atoms. The van der Waals surface area contributed by atoms with Crippen LogP contribution in [0.25, 0.3) is 0 Å². The zero-order valence-corrected chi connectivity index (χ0v) is 23.3. The van der Waals surface area contributed by atoms with E-state index in [9.17, 15) is 14.4 Å². The van der Waals surface area contributed by atoms with E-state index in [0.29, 0.717) is 18.3 Å². The number of nitrogens with one attached hydrogen (secondary N) is 2. The first-order valence-corrected chi connectivity index (χ1v) is 14.8. The van der Waals surface area contributed by atoms with Gasteiger partial charge in [-0.15, -0.1) is 0 Å². The minimum atomic E-state index is -0.708. The van der Waals surface area contributed by atoms with Crippen molar-refractivity contribution in [3.8, 4) is 0 Å². The summed E-state index contributed by atoms with van der Waals surface area (Å²) in [4.78, 5) is 57.4. The molecule has 0 aromatic heterocycles. The van der Waals surface area contributed by atoms with E-state index in [1.54, 1.807) is 0 Å². The van der Waals surface area contributed by atoms with E-state index in [1.165, 1.54) is 12.8 Å². The predicted molar refractivity (Wildman–Crippen MR) is 150 cm³/mol. The Kier molecular flexibility index (Phi) is 8.83. The zero-order valence-electron chi connectivity index (χ0n) is 23.3. The molecule has 6 aliphatic rings. The lowest BCUT2D eigenvalue weighted by Gasteiger charge is -2.50. The van der Waals surface area contributed by atoms with Gasteiger partial charge in [0.05, 0.1) is 6.42 Å². The lowest BCUT2D eigenvalue weighted by molar-refractivity contribution is -0.133. The maximum Gasteiger partial charge on any atom is 0.290 e. The van der Waals surface area contributed by atoms with E-state index >= 15 is 0 Å². The first kappa shape index (κ1) is 28.3. The number of benzene rings is 1. The molecular weight excluding hydrogens is 510 g/mol. The van der Waals surface area contributed by atoms with E-state index in [4.69, 9.17) is 14.9 Å². The normalized spacial score (nSPS) is 26.1. The Morgan fingerprint density at radius 3 is 2.17 bits per heavy atom. The summed E-state index contributed by atoms with van der Waals surface area (Å²) in [6, 6.07) is 6.08. The van der Waals surface area contributed by atoms with Crippen molar-refractivity contribution in [2.45, 2.75) is 101 Å². The molecule has 3 amide bonds. The van der Waals surface area contributed by atoms with Gasteiger partial charge in [-0.05, 0) is 62.8 Å². The Hall–Kier alpha value is -3.27. The number of carboxylic acid groups (broad SMARTS) is 1. The summed E-state index contributed by atoms with van der Waals surface area (Å²) in [6.45, 7) is 1.33. The highest BCUT2D eigenvalue weighted by atomic mass is 16.3. The number of carbonyl (C=O) groups excluding carboxylic acids is 3. The molecule has 0 spiro atoms. The van der Waals surface area contributed by atoms with Crippen molar-refractivity contribution in [3.63, 3.8) is 0 Å². The SMILES string of the molecule is CN1CC2CCC1CN2C(=O)C1=NC(C(=O)NC2CCCC2)c2ccc(CC(=O)NC3CCCC3)cc21.O=CO. The molecule has 216 valence electrons. The average Bonchev–Trinajstić information content (AvgIpc) is 3.71. The number of carbonyl (C=O) groups is 4. The summed E-state index contributed by atoms with van der Waals surface area (Å²) in [7, 11) is 2.13. The number of aliphatic imine (C=N–C) groups is 1. The summed E-state index contributed by atoms with van der Waals surface area (Å²) >= 11 is 0. The fourth-order valence-electron chi connectivity index (χ4n) is 7.10. The average molecular weight is 552 g/mol. The monoisotopic (exact) mass is 551 g/mol. The number of fused-ring (bicyclic) bond motifs is 4. The smallest absolute Gasteiger partial charge is 0.290 e. The molecule has 3 saturated heterocycles. The molecule has 0 radical (unpaired) electrons. The molecule has 7 rings (SSSR count). The lowest BCUT2D eigenvalue weighted by atomic mass is 9.90. The van der Waals surface area contributed by atoms with Gasteiger partial charge in [0.15, 0.2) is 6.04 Å². The fraction of sp³-hybridized carbons (Fsp3) is 0.633. The third-order valence-electron chi connectivity index (χ3n) is 9.23. The van der Waals surface area contributed by atoms with Crippen LogP contribution in [-0.2, 0) is 25.6 Å². The van der Waals surface area contributed by atoms with Gasteiger partial charge < -0.3 is 20.6 Å². The molecule has 10 heteroatoms. The second-order valence-electron chi connectivity index (χ2n) is 11.9. The Morgan fingerprint density at radius 1 is 0.950 bits per heavy atom. The van der Waals surface area contributed by atoms with Gasteiger partial charge in [-0.1, -0.05) is 37.8 Å². The molecule has 3 N–H and O–H groups in total. The topological polar surface area (TPSA) is 131 Å². The number of amides is 3. The first-order chi connectivity index (χ1) is 19.4. The Balaban J connectivity index is 0.00000103. The standard InChI is InChI=1S/C29H39N5O3.CH2O2/c1-33-16-22-12-11-21(33)17-34(22)29(37)27-24-14-18(15-25(35)30-19-6-2-3-7-19)10-13-23(24)26(32-27)28(36)31-20-8-4-5-9-20;2-1-3/h10,13-14,19-22,26H,2-9,11-12,15-17H2,1H3,(H,30,35)(H,31,36);1H,(H,2,3). The summed E-state index contributed by atoms with van der Waals surface area (Å²) < 4.78 is 0. The predicted octanol–water partition coefficient (Wildman–Crippen LogP) is 2.20. The molecule has 3 unspecified atom stereocenters. The van der Waals surface area contributed by atoms with Crippen molar-refractivity contribution in [3.05, 3.63) is 34.9 Å². The van der Waals surface area contributed by atoms with Crippen molar-refractivity contribution < 1.29 is 24.3 Å². The number of hydrogen-bond acceptors (Lipinski definition) is 6. The Bertz CT molecular complexity index is 1160. The molecular formula is C30H41N5O5. The van der Waals surface area contributed by atoms with Crippen molar-refractivity contribution >= 4 is 29.9 Å². The molecule has 5 fully saturated rings. The highest BCUT2D eigenvalue weighted by molar-refractivity contribution is 6.47. The number of piperidine rings is 2. The minimum Gasteiger partial charge on any atom is -0.483 e. The lowest BCUT2D eigenvalue weighted by Crippen LogP contribution is -2.63. The quantitative estimate of drug-likeness (QED) is 0.465. The van der Waals surface area contributed by atoms with Crippen LogP contribution in [0.15, 0.2) is 23.2 Å². The third kappa shape index (κ3) is 6.06. The molecule has 4 heterocycles. The van der Waals surface area contributed by atoms with E-state index < -0.39 is 6.04 Å². The molecule has 2 bridgehead atoms. The molecule has 3 atom stereocenters. The minimum absolute atomic E-state index is 0.0153. The van der Waals surface area contributed by atoms with Crippen LogP contribution < -0.4 is 10.6 Å². The fourth-order valence-corrected chi connectivity index (χ4v) is 7.10. The van der Waals surface area contributed by atoms with Crippen LogP contribution in [0.5, 0.6) is 0 Å². The van der Waals surface area contributed by atoms with Gasteiger partial charge in [-0.3, -0.25) is 29.1 Å². The van der Waals surface area contributed by atoms with E-state index in [1.807, 2.05) is 23.1 Å². The van der Waals surface area contributed by atoms with Crippen LogP contribution in [0.3, 0.4) is 0 Å². The first-order valence-electron chi connectivity index (χ1n) is 14.8. The van der Waals surface area contributed by atoms with Crippen molar-refractivity contribution in [1.82, 2.24) is 20.4 Å². The van der Waals surface area contributed by atoms with Crippen LogP contribution in [-0.4, -0.2) is 89.1 Å². The maximum absolute atomic E-state index is 13.9. The summed E-state index contributed by atoms with van der Waals surface area (Å²) in [6.07, 6.45) is 11.1. The van der Waals surface area contributed by atoms with E-state index in [0.717, 1.165) is 74.6 Å². The number of piperazine rings is 1. The van der Waals surface area contributed by atoms with Crippen LogP contribution >= 0.6 is 0 Å². The molecule has 10 nitrogen and oxygen atoms in total. The Morgan fingerprint density at radius 2 is 1.57 bits per heavy atom. The van der Waals surface area contributed by atoms with Crippen LogP contribution in [0, 0.1) is 0 Å². The Labute approximate surface area is 235 Å². The molecule has 4 aliphatic heterocycles. The third-order valence-corrected chi connectivity index (χ3v) is 9.23. The molecule has 1 aromatic rings. The number of likely N-dealkylation sites (N-methyl/N-ethyl adjacent to an activating group) is 1. The highest BCUT2D eigenvalue weighted by Crippen LogP contribution is 2.35. The van der Waals surface area contributed by atoms with Gasteiger partial charge >= 0.3 is 0 Å². The second kappa shape index (κ2) is 12.5. The van der Waals surface area contributed by atoms with Gasteiger partial charge in [-0.25, -0.2) is 0 Å². The van der Waals surface area contributed by atoms with E-state index in [2.05, 4.69) is 22.6 Å². The summed E-state index contributed by atoms with van der Waals surface area (Å²) in [5.41, 5.74) is 2.73. The van der Waals surface area contributed by atoms with Gasteiger partial charge in [0.2, 0.25) is 11.8 Å². The van der Waals surface area contributed by atoms with Crippen LogP contribution in [0.2, 0.25) is 0 Å². The summed E-state index contributed by atoms with van der Waals surface area (Å²) in [5.74, 6) is -0.183. The van der Waals surface area contributed by atoms with E-state index in [-0.39, 0.29) is 48.7 Å². The van der Waals surface area contributed by atoms with Crippen molar-refractivity contribution in [2.75, 3.05) is 20.1 Å². The highest BCUT2D eigenvalue weighted by Gasteiger charge is 2.43. The second-order valence-corrected chi connectivity index (χ2v) is 11.9. The number of nitrogens with zero attached hydrogens (tertiary/aromatic N) is 3. The molecule has 2 saturated carbocycles. The van der Waals surface area contributed by atoms with Gasteiger partial charge in [0.25, 0.3) is 12.4 Å². The zero-order chi connectivity index (χ0) is 28.2. The maximum atomic E-state index is 13.9. The number of rotatable bonds is 6. The van der Waals surface area contributed by atoms with Gasteiger partial charge in [0, 0.05) is 42.8 Å². The van der Waals surface area contributed by atoms with Gasteiger partial charge in [0.1, 0.15) is 5.71 Å². The van der Waals surface area contributed by atoms with Crippen LogP contribution in [0.4, 0.5) is 0 Å². The number of hydrogen-bond donors (Lipinski definition) is 3. The largest absolute Gasteiger partial charge is 0.483 e. The molecule has 2 aliphatic carbocycles. The summed E-state index contributed by atoms with van der Waals surface area (Å²) in [5, 5.41) is 13.2. The van der Waals surface area contributed by atoms with Crippen molar-refractivity contribution in [1.29, 1.82) is 0 Å². The molecule has 1 aromatic carbocycles. The van der Waals surface area contributed by atoms with Gasteiger partial charge in [-0.2, -0.15) is 0 Å². The van der Waals surface area contributed by atoms with Crippen molar-refractivity contribution in [2.24, 2.45) is 4.99 Å².